The van der Waals surface area contributed by atoms with Crippen molar-refractivity contribution in [2.45, 2.75) is 34.8 Å². The summed E-state index contributed by atoms with van der Waals surface area (Å²) in [7, 11) is 0. The lowest BCUT2D eigenvalue weighted by Gasteiger charge is -2.15. The molecule has 2 nitrogen and oxygen atoms in total. The Morgan fingerprint density at radius 3 is 2.70 bits per heavy atom. The van der Waals surface area contributed by atoms with Crippen molar-refractivity contribution < 1.29 is 13.2 Å². The van der Waals surface area contributed by atoms with E-state index in [2.05, 4.69) is 4.98 Å². The third-order valence-electron chi connectivity index (χ3n) is 2.54. The number of nitrogens with zero attached hydrogens (tertiary/aromatic N) is 1. The highest BCUT2D eigenvalue weighted by Crippen LogP contribution is 2.37. The van der Waals surface area contributed by atoms with Gasteiger partial charge in [-0.2, -0.15) is 13.2 Å². The van der Waals surface area contributed by atoms with Crippen LogP contribution in [0.5, 0.6) is 0 Å². The quantitative estimate of drug-likeness (QED) is 0.918. The van der Waals surface area contributed by atoms with Gasteiger partial charge in [-0.15, -0.1) is 11.3 Å². The number of hydrogen-bond acceptors (Lipinski definition) is 4. The number of alkyl halides is 3. The van der Waals surface area contributed by atoms with Gasteiger partial charge in [-0.05, 0) is 31.0 Å². The molecule has 108 valence electrons. The minimum atomic E-state index is -4.37. The minimum absolute atomic E-state index is 0.205. The molecule has 2 aromatic rings. The van der Waals surface area contributed by atoms with Crippen molar-refractivity contribution >= 4 is 23.1 Å². The maximum Gasteiger partial charge on any atom is 0.416 e. The second-order valence-electron chi connectivity index (χ2n) is 4.40. The van der Waals surface area contributed by atoms with E-state index in [1.54, 1.807) is 24.6 Å². The van der Waals surface area contributed by atoms with Gasteiger partial charge >= 0.3 is 6.18 Å². The van der Waals surface area contributed by atoms with E-state index in [9.17, 15) is 13.2 Å². The number of thiazole rings is 1. The molecule has 20 heavy (non-hydrogen) atoms. The molecule has 1 atom stereocenters. The predicted molar refractivity (Wildman–Crippen MR) is 75.0 cm³/mol. The molecule has 1 unspecified atom stereocenters. The molecular weight excluding hydrogens is 305 g/mol. The standard InChI is InChI=1S/C13H13F3N2S2/c1-8(17)6-9-2-3-10(7-11(9)13(14,15)16)20-12-18-4-5-19-12/h2-5,7-8H,6,17H2,1H3. The first-order valence-corrected chi connectivity index (χ1v) is 7.59. The lowest BCUT2D eigenvalue weighted by Crippen LogP contribution is -2.20. The molecule has 1 aromatic heterocycles. The average molecular weight is 318 g/mol. The molecule has 1 heterocycles. The number of rotatable bonds is 4. The van der Waals surface area contributed by atoms with Gasteiger partial charge in [0.05, 0.1) is 5.56 Å². The first-order chi connectivity index (χ1) is 9.36. The first-order valence-electron chi connectivity index (χ1n) is 5.89. The largest absolute Gasteiger partial charge is 0.416 e. The van der Waals surface area contributed by atoms with E-state index in [0.717, 1.165) is 4.34 Å². The molecular formula is C13H13F3N2S2. The Labute approximate surface area is 123 Å². The van der Waals surface area contributed by atoms with Crippen LogP contribution in [0.2, 0.25) is 0 Å². The molecule has 0 aliphatic rings. The van der Waals surface area contributed by atoms with Gasteiger partial charge in [0.25, 0.3) is 0 Å². The molecule has 0 radical (unpaired) electrons. The fraction of sp³-hybridized carbons (Fsp3) is 0.308. The summed E-state index contributed by atoms with van der Waals surface area (Å²) in [5, 5.41) is 1.79. The SMILES string of the molecule is CC(N)Cc1ccc(Sc2nccs2)cc1C(F)(F)F. The molecule has 0 saturated heterocycles. The molecule has 2 N–H and O–H groups in total. The number of benzene rings is 1. The van der Waals surface area contributed by atoms with Crippen molar-refractivity contribution in [1.29, 1.82) is 0 Å². The summed E-state index contributed by atoms with van der Waals surface area (Å²) in [6.45, 7) is 1.69. The molecule has 0 bridgehead atoms. The van der Waals surface area contributed by atoms with Gasteiger partial charge in [-0.3, -0.25) is 0 Å². The van der Waals surface area contributed by atoms with E-state index in [-0.39, 0.29) is 18.0 Å². The van der Waals surface area contributed by atoms with Crippen LogP contribution in [0.15, 0.2) is 39.0 Å². The van der Waals surface area contributed by atoms with Crippen LogP contribution in [0.25, 0.3) is 0 Å². The van der Waals surface area contributed by atoms with Crippen LogP contribution in [0, 0.1) is 0 Å². The van der Waals surface area contributed by atoms with Crippen LogP contribution in [-0.4, -0.2) is 11.0 Å². The molecule has 0 fully saturated rings. The summed E-state index contributed by atoms with van der Waals surface area (Å²) < 4.78 is 40.0. The zero-order chi connectivity index (χ0) is 14.8. The van der Waals surface area contributed by atoms with Crippen LogP contribution in [-0.2, 0) is 12.6 Å². The Morgan fingerprint density at radius 2 is 2.15 bits per heavy atom. The van der Waals surface area contributed by atoms with Crippen molar-refractivity contribution in [3.63, 3.8) is 0 Å². The van der Waals surface area contributed by atoms with Gasteiger partial charge in [0, 0.05) is 22.5 Å². The maximum atomic E-state index is 13.1. The summed E-state index contributed by atoms with van der Waals surface area (Å²) in [6, 6.07) is 4.04. The normalized spacial score (nSPS) is 13.4. The highest BCUT2D eigenvalue weighted by atomic mass is 32.2. The molecule has 0 aliphatic heterocycles. The molecule has 1 aromatic carbocycles. The van der Waals surface area contributed by atoms with Crippen LogP contribution in [0.1, 0.15) is 18.1 Å². The van der Waals surface area contributed by atoms with E-state index in [1.165, 1.54) is 35.2 Å². The Balaban J connectivity index is 2.33. The molecule has 2 rings (SSSR count). The van der Waals surface area contributed by atoms with E-state index in [1.807, 2.05) is 0 Å². The topological polar surface area (TPSA) is 38.9 Å². The van der Waals surface area contributed by atoms with Gasteiger partial charge in [-0.1, -0.05) is 17.8 Å². The van der Waals surface area contributed by atoms with Gasteiger partial charge in [0.15, 0.2) is 4.34 Å². The van der Waals surface area contributed by atoms with Crippen LogP contribution in [0.3, 0.4) is 0 Å². The van der Waals surface area contributed by atoms with Crippen molar-refractivity contribution in [2.24, 2.45) is 5.73 Å². The third kappa shape index (κ3) is 3.97. The molecule has 7 heteroatoms. The zero-order valence-corrected chi connectivity index (χ0v) is 12.3. The van der Waals surface area contributed by atoms with Gasteiger partial charge in [0.2, 0.25) is 0 Å². The lowest BCUT2D eigenvalue weighted by molar-refractivity contribution is -0.138. The Kier molecular flexibility index (Phi) is 4.72. The number of nitrogens with two attached hydrogens (primary N) is 1. The number of aromatic nitrogens is 1. The van der Waals surface area contributed by atoms with E-state index >= 15 is 0 Å². The van der Waals surface area contributed by atoms with Crippen LogP contribution < -0.4 is 5.73 Å². The molecule has 0 aliphatic carbocycles. The fourth-order valence-electron chi connectivity index (χ4n) is 1.77. The lowest BCUT2D eigenvalue weighted by atomic mass is 10.0. The Hall–Kier alpha value is -1.05. The van der Waals surface area contributed by atoms with Gasteiger partial charge in [-0.25, -0.2) is 4.98 Å². The summed E-state index contributed by atoms with van der Waals surface area (Å²) in [5.74, 6) is 0. The Bertz CT molecular complexity index is 565. The van der Waals surface area contributed by atoms with Crippen molar-refractivity contribution in [2.75, 3.05) is 0 Å². The predicted octanol–water partition coefficient (Wildman–Crippen LogP) is 4.20. The monoisotopic (exact) mass is 318 g/mol. The van der Waals surface area contributed by atoms with Crippen molar-refractivity contribution in [3.8, 4) is 0 Å². The Morgan fingerprint density at radius 1 is 1.40 bits per heavy atom. The van der Waals surface area contributed by atoms with Gasteiger partial charge < -0.3 is 5.73 Å². The summed E-state index contributed by atoms with van der Waals surface area (Å²) in [4.78, 5) is 4.58. The third-order valence-corrected chi connectivity index (χ3v) is 4.42. The molecule has 0 spiro atoms. The number of hydrogen-bond donors (Lipinski definition) is 1. The highest BCUT2D eigenvalue weighted by Gasteiger charge is 2.33. The summed E-state index contributed by atoms with van der Waals surface area (Å²) in [6.07, 6.45) is -2.54. The average Bonchev–Trinajstić information content (AvgIpc) is 2.82. The number of halogens is 3. The van der Waals surface area contributed by atoms with Gasteiger partial charge in [0.1, 0.15) is 0 Å². The molecule has 0 amide bonds. The summed E-state index contributed by atoms with van der Waals surface area (Å²) >= 11 is 2.62. The van der Waals surface area contributed by atoms with Crippen molar-refractivity contribution in [1.82, 2.24) is 4.98 Å². The fourth-order valence-corrected chi connectivity index (χ4v) is 3.41. The second-order valence-corrected chi connectivity index (χ2v) is 6.61. The second kappa shape index (κ2) is 6.15. The zero-order valence-electron chi connectivity index (χ0n) is 10.6. The van der Waals surface area contributed by atoms with E-state index in [0.29, 0.717) is 4.90 Å². The molecule has 0 saturated carbocycles. The van der Waals surface area contributed by atoms with Crippen LogP contribution in [0.4, 0.5) is 13.2 Å². The van der Waals surface area contributed by atoms with Crippen molar-refractivity contribution in [3.05, 3.63) is 40.9 Å². The minimum Gasteiger partial charge on any atom is -0.328 e. The smallest absolute Gasteiger partial charge is 0.328 e. The summed E-state index contributed by atoms with van der Waals surface area (Å²) in [5.41, 5.74) is 5.22. The van der Waals surface area contributed by atoms with E-state index < -0.39 is 11.7 Å². The highest BCUT2D eigenvalue weighted by molar-refractivity contribution is 8.01. The van der Waals surface area contributed by atoms with Crippen LogP contribution >= 0.6 is 23.1 Å². The first kappa shape index (κ1) is 15.3. The maximum absolute atomic E-state index is 13.1. The van der Waals surface area contributed by atoms with E-state index in [4.69, 9.17) is 5.73 Å².